The van der Waals surface area contributed by atoms with E-state index in [4.69, 9.17) is 0 Å². The number of nitrogens with one attached hydrogen (secondary N) is 2. The van der Waals surface area contributed by atoms with Crippen LogP contribution in [0.25, 0.3) is 0 Å². The van der Waals surface area contributed by atoms with E-state index in [9.17, 15) is 8.42 Å². The lowest BCUT2D eigenvalue weighted by Crippen LogP contribution is -2.30. The van der Waals surface area contributed by atoms with E-state index in [1.54, 1.807) is 12.1 Å². The van der Waals surface area contributed by atoms with Crippen LogP contribution >= 0.6 is 0 Å². The molecule has 4 nitrogen and oxygen atoms in total. The maximum absolute atomic E-state index is 12.0. The summed E-state index contributed by atoms with van der Waals surface area (Å²) in [6.45, 7) is 6.71. The minimum atomic E-state index is -3.36. The Morgan fingerprint density at radius 1 is 1.15 bits per heavy atom. The quantitative estimate of drug-likeness (QED) is 0.775. The second-order valence-corrected chi connectivity index (χ2v) is 6.83. The van der Waals surface area contributed by atoms with Gasteiger partial charge in [-0.1, -0.05) is 32.9 Å². The summed E-state index contributed by atoms with van der Waals surface area (Å²) >= 11 is 0. The van der Waals surface area contributed by atoms with Crippen LogP contribution in [0.15, 0.2) is 29.2 Å². The highest BCUT2D eigenvalue weighted by Gasteiger charge is 2.17. The van der Waals surface area contributed by atoms with E-state index in [1.165, 1.54) is 0 Å². The van der Waals surface area contributed by atoms with E-state index in [2.05, 4.69) is 23.9 Å². The first-order chi connectivity index (χ1) is 9.46. The van der Waals surface area contributed by atoms with Crippen molar-refractivity contribution in [1.29, 1.82) is 0 Å². The maximum Gasteiger partial charge on any atom is 0.240 e. The minimum absolute atomic E-state index is 0.333. The fraction of sp³-hybridized carbons (Fsp3) is 0.600. The molecule has 1 rings (SSSR count). The maximum atomic E-state index is 12.0. The van der Waals surface area contributed by atoms with Crippen molar-refractivity contribution in [1.82, 2.24) is 10.0 Å². The van der Waals surface area contributed by atoms with Gasteiger partial charge in [0.15, 0.2) is 0 Å². The summed E-state index contributed by atoms with van der Waals surface area (Å²) in [5.41, 5.74) is 1.15. The first-order valence-corrected chi connectivity index (χ1v) is 8.71. The highest BCUT2D eigenvalue weighted by Crippen LogP contribution is 2.22. The number of likely N-dealkylation sites (N-methyl/N-ethyl adjacent to an activating group) is 1. The first-order valence-electron chi connectivity index (χ1n) is 7.23. The van der Waals surface area contributed by atoms with E-state index < -0.39 is 10.0 Å². The largest absolute Gasteiger partial charge is 0.316 e. The molecule has 2 N–H and O–H groups in total. The second kappa shape index (κ2) is 7.76. The predicted molar refractivity (Wildman–Crippen MR) is 83.5 cm³/mol. The zero-order valence-electron chi connectivity index (χ0n) is 12.8. The molecule has 0 aliphatic heterocycles. The van der Waals surface area contributed by atoms with Crippen LogP contribution < -0.4 is 10.0 Å². The SMILES string of the molecule is CCCNS(=O)(=O)c1ccc(C(C)C(CC)NC)cc1. The van der Waals surface area contributed by atoms with Gasteiger partial charge in [-0.3, -0.25) is 0 Å². The second-order valence-electron chi connectivity index (χ2n) is 5.06. The number of hydrogen-bond donors (Lipinski definition) is 2. The Morgan fingerprint density at radius 2 is 1.75 bits per heavy atom. The predicted octanol–water partition coefficient (Wildman–Crippen LogP) is 2.48. The molecular weight excluding hydrogens is 272 g/mol. The standard InChI is InChI=1S/C15H26N2O2S/c1-5-11-17-20(18,19)14-9-7-13(8-10-14)12(3)15(6-2)16-4/h7-10,12,15-17H,5-6,11H2,1-4H3. The van der Waals surface area contributed by atoms with Crippen LogP contribution in [0.5, 0.6) is 0 Å². The van der Waals surface area contributed by atoms with Gasteiger partial charge in [-0.05, 0) is 43.5 Å². The van der Waals surface area contributed by atoms with Crippen molar-refractivity contribution < 1.29 is 8.42 Å². The van der Waals surface area contributed by atoms with E-state index in [1.807, 2.05) is 26.1 Å². The fourth-order valence-corrected chi connectivity index (χ4v) is 3.44. The Kier molecular flexibility index (Phi) is 6.65. The zero-order valence-corrected chi connectivity index (χ0v) is 13.6. The summed E-state index contributed by atoms with van der Waals surface area (Å²) in [7, 11) is -1.41. The van der Waals surface area contributed by atoms with Crippen LogP contribution in [0.2, 0.25) is 0 Å². The summed E-state index contributed by atoms with van der Waals surface area (Å²) in [4.78, 5) is 0.333. The van der Waals surface area contributed by atoms with Crippen LogP contribution in [0.4, 0.5) is 0 Å². The van der Waals surface area contributed by atoms with Crippen molar-refractivity contribution >= 4 is 10.0 Å². The summed E-state index contributed by atoms with van der Waals surface area (Å²) in [6, 6.07) is 7.59. The number of rotatable bonds is 8. The van der Waals surface area contributed by atoms with Gasteiger partial charge in [0.1, 0.15) is 0 Å². The normalized spacial score (nSPS) is 15.0. The van der Waals surface area contributed by atoms with Gasteiger partial charge >= 0.3 is 0 Å². The Morgan fingerprint density at radius 3 is 2.20 bits per heavy atom. The van der Waals surface area contributed by atoms with Crippen molar-refractivity contribution in [3.63, 3.8) is 0 Å². The molecule has 0 amide bonds. The van der Waals surface area contributed by atoms with E-state index in [0.717, 1.165) is 18.4 Å². The molecule has 0 radical (unpaired) electrons. The van der Waals surface area contributed by atoms with Crippen molar-refractivity contribution in [2.75, 3.05) is 13.6 Å². The Labute approximate surface area is 123 Å². The van der Waals surface area contributed by atoms with Crippen molar-refractivity contribution in [3.8, 4) is 0 Å². The Bertz CT molecular complexity index is 493. The fourth-order valence-electron chi connectivity index (χ4n) is 2.31. The van der Waals surface area contributed by atoms with Gasteiger partial charge < -0.3 is 5.32 Å². The van der Waals surface area contributed by atoms with Gasteiger partial charge in [0.25, 0.3) is 0 Å². The van der Waals surface area contributed by atoms with Crippen LogP contribution in [0, 0.1) is 0 Å². The molecule has 114 valence electrons. The molecule has 1 aromatic rings. The summed E-state index contributed by atoms with van der Waals surface area (Å²) in [5.74, 6) is 0.352. The third-order valence-corrected chi connectivity index (χ3v) is 5.15. The third-order valence-electron chi connectivity index (χ3n) is 3.67. The molecule has 0 spiro atoms. The molecule has 0 saturated heterocycles. The average Bonchev–Trinajstić information content (AvgIpc) is 2.46. The lowest BCUT2D eigenvalue weighted by molar-refractivity contribution is 0.472. The monoisotopic (exact) mass is 298 g/mol. The van der Waals surface area contributed by atoms with Gasteiger partial charge in [0.05, 0.1) is 4.90 Å². The van der Waals surface area contributed by atoms with Crippen LogP contribution in [0.3, 0.4) is 0 Å². The molecule has 0 aliphatic carbocycles. The Hall–Kier alpha value is -0.910. The van der Waals surface area contributed by atoms with Gasteiger partial charge in [-0.15, -0.1) is 0 Å². The van der Waals surface area contributed by atoms with Crippen LogP contribution in [-0.2, 0) is 10.0 Å². The first kappa shape index (κ1) is 17.1. The van der Waals surface area contributed by atoms with Crippen molar-refractivity contribution in [2.24, 2.45) is 0 Å². The van der Waals surface area contributed by atoms with Gasteiger partial charge in [0.2, 0.25) is 10.0 Å². The average molecular weight is 298 g/mol. The van der Waals surface area contributed by atoms with E-state index in [0.29, 0.717) is 23.4 Å². The topological polar surface area (TPSA) is 58.2 Å². The third kappa shape index (κ3) is 4.30. The summed E-state index contributed by atoms with van der Waals surface area (Å²) in [5, 5.41) is 3.29. The molecule has 0 bridgehead atoms. The number of benzene rings is 1. The highest BCUT2D eigenvalue weighted by molar-refractivity contribution is 7.89. The van der Waals surface area contributed by atoms with Crippen LogP contribution in [-0.4, -0.2) is 28.1 Å². The van der Waals surface area contributed by atoms with Gasteiger partial charge in [-0.2, -0.15) is 0 Å². The van der Waals surface area contributed by atoms with Gasteiger partial charge in [-0.25, -0.2) is 13.1 Å². The molecule has 0 heterocycles. The molecule has 5 heteroatoms. The molecule has 1 aromatic carbocycles. The molecule has 0 aliphatic rings. The lowest BCUT2D eigenvalue weighted by atomic mass is 9.92. The zero-order chi connectivity index (χ0) is 15.2. The molecule has 2 atom stereocenters. The molecule has 0 saturated carbocycles. The molecule has 0 fully saturated rings. The van der Waals surface area contributed by atoms with Gasteiger partial charge in [0, 0.05) is 12.6 Å². The number of sulfonamides is 1. The summed E-state index contributed by atoms with van der Waals surface area (Å²) in [6.07, 6.45) is 1.82. The van der Waals surface area contributed by atoms with E-state index >= 15 is 0 Å². The van der Waals surface area contributed by atoms with Crippen molar-refractivity contribution in [3.05, 3.63) is 29.8 Å². The Balaban J connectivity index is 2.88. The number of hydrogen-bond acceptors (Lipinski definition) is 3. The smallest absolute Gasteiger partial charge is 0.240 e. The lowest BCUT2D eigenvalue weighted by Gasteiger charge is -2.22. The molecule has 20 heavy (non-hydrogen) atoms. The van der Waals surface area contributed by atoms with Crippen molar-refractivity contribution in [2.45, 2.75) is 50.5 Å². The minimum Gasteiger partial charge on any atom is -0.316 e. The molecule has 2 unspecified atom stereocenters. The van der Waals surface area contributed by atoms with E-state index in [-0.39, 0.29) is 0 Å². The van der Waals surface area contributed by atoms with Crippen LogP contribution in [0.1, 0.15) is 45.1 Å². The molecule has 0 aromatic heterocycles. The molecular formula is C15H26N2O2S. The highest BCUT2D eigenvalue weighted by atomic mass is 32.2. The summed E-state index contributed by atoms with van der Waals surface area (Å²) < 4.78 is 26.6.